The minimum absolute atomic E-state index is 0.00930. The standard InChI is InChI=1S/C47H53ClF3N7O6/c1-47(2,3)64-46(62)57-19-17-56(18-20-57)43-32-24-34(48)39(41(51)42(32)52-27-53-43)40-35(50)10-9-11-37(40)63-21-8-6-4-5-7-15-55-16-14-28(25-55)30-22-29(49)23-31-33(30)26-58(45(31)61)36-12-13-38(59)54-44(36)60/h9-11,22-24,27-28,36H,4-8,12-21,25-26H2,1-3H3,(H,54,59,60). The molecule has 3 saturated heterocycles. The molecule has 64 heavy (non-hydrogen) atoms. The van der Waals surface area contributed by atoms with Crippen molar-refractivity contribution in [2.45, 2.75) is 96.2 Å². The van der Waals surface area contributed by atoms with E-state index in [1.807, 2.05) is 25.7 Å². The third-order valence-corrected chi connectivity index (χ3v) is 12.8. The molecule has 4 amide bonds. The quantitative estimate of drug-likeness (QED) is 0.104. The molecule has 4 aliphatic heterocycles. The molecule has 17 heteroatoms. The Bertz CT molecular complexity index is 2460. The molecule has 8 rings (SSSR count). The summed E-state index contributed by atoms with van der Waals surface area (Å²) in [6.45, 7) is 10.1. The lowest BCUT2D eigenvalue weighted by atomic mass is 9.91. The molecule has 4 aliphatic rings. The van der Waals surface area contributed by atoms with Crippen LogP contribution in [-0.4, -0.2) is 113 Å². The maximum Gasteiger partial charge on any atom is 0.410 e. The number of anilines is 1. The van der Waals surface area contributed by atoms with E-state index in [9.17, 15) is 23.6 Å². The van der Waals surface area contributed by atoms with Crippen LogP contribution in [0.4, 0.5) is 23.8 Å². The number of halogens is 4. The number of benzene rings is 3. The number of aromatic nitrogens is 2. The van der Waals surface area contributed by atoms with Gasteiger partial charge in [-0.15, -0.1) is 0 Å². The van der Waals surface area contributed by atoms with Crippen LogP contribution in [0, 0.1) is 17.5 Å². The Labute approximate surface area is 375 Å². The number of piperazine rings is 1. The molecule has 3 fully saturated rings. The Morgan fingerprint density at radius 2 is 1.69 bits per heavy atom. The number of rotatable bonds is 13. The Hall–Kier alpha value is -5.48. The minimum atomic E-state index is -0.788. The SMILES string of the molecule is CC(C)(C)OC(=O)N1CCN(c2ncnc3c(F)c(-c4c(F)cccc4OCCCCCCCN4CCC(c5cc(F)cc6c5CN(C5CCC(=O)NC5=O)C6=O)C4)c(Cl)cc23)CC1. The fraction of sp³-hybridized carbons (Fsp3) is 0.489. The summed E-state index contributed by atoms with van der Waals surface area (Å²) < 4.78 is 58.5. The van der Waals surface area contributed by atoms with Gasteiger partial charge in [-0.25, -0.2) is 27.9 Å². The molecule has 1 N–H and O–H groups in total. The summed E-state index contributed by atoms with van der Waals surface area (Å²) in [4.78, 5) is 66.2. The number of carbonyl (C=O) groups is 4. The van der Waals surface area contributed by atoms with Gasteiger partial charge in [0.15, 0.2) is 5.82 Å². The van der Waals surface area contributed by atoms with Gasteiger partial charge in [0.1, 0.15) is 46.7 Å². The average molecular weight is 904 g/mol. The maximum absolute atomic E-state index is 16.5. The van der Waals surface area contributed by atoms with Crippen LogP contribution in [-0.2, 0) is 20.9 Å². The Morgan fingerprint density at radius 3 is 2.45 bits per heavy atom. The van der Waals surface area contributed by atoms with Gasteiger partial charge < -0.3 is 29.1 Å². The molecule has 0 radical (unpaired) electrons. The zero-order valence-electron chi connectivity index (χ0n) is 36.4. The first-order chi connectivity index (χ1) is 30.7. The minimum Gasteiger partial charge on any atom is -0.493 e. The molecule has 0 aliphatic carbocycles. The van der Waals surface area contributed by atoms with Crippen LogP contribution >= 0.6 is 11.6 Å². The van der Waals surface area contributed by atoms with Gasteiger partial charge in [-0.3, -0.25) is 19.7 Å². The third kappa shape index (κ3) is 9.63. The van der Waals surface area contributed by atoms with Gasteiger partial charge in [0.05, 0.1) is 17.2 Å². The second kappa shape index (κ2) is 18.9. The van der Waals surface area contributed by atoms with Gasteiger partial charge in [0, 0.05) is 62.2 Å². The van der Waals surface area contributed by atoms with E-state index < -0.39 is 41.1 Å². The summed E-state index contributed by atoms with van der Waals surface area (Å²) in [6, 6.07) is 7.94. The van der Waals surface area contributed by atoms with Gasteiger partial charge >= 0.3 is 6.09 Å². The number of hydrogen-bond donors (Lipinski definition) is 1. The van der Waals surface area contributed by atoms with Crippen molar-refractivity contribution in [1.29, 1.82) is 0 Å². The van der Waals surface area contributed by atoms with Crippen molar-refractivity contribution < 1.29 is 41.8 Å². The first kappa shape index (κ1) is 45.1. The molecule has 2 atom stereocenters. The van der Waals surface area contributed by atoms with Gasteiger partial charge in [-0.1, -0.05) is 36.9 Å². The summed E-state index contributed by atoms with van der Waals surface area (Å²) in [6.07, 6.45) is 6.59. The average Bonchev–Trinajstić information content (AvgIpc) is 3.85. The third-order valence-electron chi connectivity index (χ3n) is 12.5. The number of imide groups is 1. The van der Waals surface area contributed by atoms with Crippen LogP contribution in [0.5, 0.6) is 5.75 Å². The van der Waals surface area contributed by atoms with E-state index in [4.69, 9.17) is 21.1 Å². The predicted molar refractivity (Wildman–Crippen MR) is 235 cm³/mol. The van der Waals surface area contributed by atoms with Crippen molar-refractivity contribution in [2.75, 3.05) is 57.3 Å². The van der Waals surface area contributed by atoms with Gasteiger partial charge in [0.25, 0.3) is 5.91 Å². The summed E-state index contributed by atoms with van der Waals surface area (Å²) in [5.74, 6) is -2.46. The Morgan fingerprint density at radius 1 is 0.922 bits per heavy atom. The Kier molecular flexibility index (Phi) is 13.3. The van der Waals surface area contributed by atoms with Crippen LogP contribution < -0.4 is 15.0 Å². The number of nitrogens with zero attached hydrogens (tertiary/aromatic N) is 6. The molecule has 0 spiro atoms. The monoisotopic (exact) mass is 903 g/mol. The first-order valence-corrected chi connectivity index (χ1v) is 22.5. The fourth-order valence-corrected chi connectivity index (χ4v) is 9.64. The lowest BCUT2D eigenvalue weighted by Crippen LogP contribution is -2.52. The number of amides is 4. The zero-order chi connectivity index (χ0) is 45.3. The molecule has 4 aromatic rings. The normalized spacial score (nSPS) is 19.4. The molecule has 340 valence electrons. The molecule has 13 nitrogen and oxygen atoms in total. The zero-order valence-corrected chi connectivity index (χ0v) is 37.1. The van der Waals surface area contributed by atoms with Gasteiger partial charge in [-0.05, 0) is 107 Å². The summed E-state index contributed by atoms with van der Waals surface area (Å²) >= 11 is 6.76. The second-order valence-electron chi connectivity index (χ2n) is 18.0. The number of ether oxygens (including phenoxy) is 2. The number of unbranched alkanes of at least 4 members (excludes halogenated alkanes) is 4. The van der Waals surface area contributed by atoms with Crippen molar-refractivity contribution in [3.8, 4) is 16.9 Å². The molecule has 1 aromatic heterocycles. The van der Waals surface area contributed by atoms with Crippen LogP contribution in [0.25, 0.3) is 22.0 Å². The summed E-state index contributed by atoms with van der Waals surface area (Å²) in [5.41, 5.74) is 1.04. The van der Waals surface area contributed by atoms with E-state index in [0.29, 0.717) is 56.0 Å². The molecular weight excluding hydrogens is 851 g/mol. The van der Waals surface area contributed by atoms with Crippen molar-refractivity contribution in [3.63, 3.8) is 0 Å². The largest absolute Gasteiger partial charge is 0.493 e. The van der Waals surface area contributed by atoms with Gasteiger partial charge in [0.2, 0.25) is 11.8 Å². The fourth-order valence-electron chi connectivity index (χ4n) is 9.35. The lowest BCUT2D eigenvalue weighted by Gasteiger charge is -2.36. The van der Waals surface area contributed by atoms with Crippen molar-refractivity contribution in [1.82, 2.24) is 30.0 Å². The molecule has 5 heterocycles. The number of nitrogens with one attached hydrogen (secondary N) is 1. The smallest absolute Gasteiger partial charge is 0.410 e. The highest BCUT2D eigenvalue weighted by molar-refractivity contribution is 6.34. The van der Waals surface area contributed by atoms with E-state index in [-0.39, 0.29) is 64.5 Å². The van der Waals surface area contributed by atoms with Crippen molar-refractivity contribution >= 4 is 52.1 Å². The van der Waals surface area contributed by atoms with Crippen LogP contribution in [0.15, 0.2) is 42.7 Å². The number of piperidine rings is 1. The second-order valence-corrected chi connectivity index (χ2v) is 18.4. The molecule has 2 unspecified atom stereocenters. The highest BCUT2D eigenvalue weighted by Crippen LogP contribution is 2.43. The lowest BCUT2D eigenvalue weighted by molar-refractivity contribution is -0.136. The number of hydrogen-bond acceptors (Lipinski definition) is 10. The van der Waals surface area contributed by atoms with E-state index >= 15 is 8.78 Å². The molecule has 0 saturated carbocycles. The van der Waals surface area contributed by atoms with E-state index in [1.54, 1.807) is 17.0 Å². The van der Waals surface area contributed by atoms with Crippen LogP contribution in [0.3, 0.4) is 0 Å². The maximum atomic E-state index is 16.5. The van der Waals surface area contributed by atoms with Crippen LogP contribution in [0.1, 0.15) is 99.5 Å². The summed E-state index contributed by atoms with van der Waals surface area (Å²) in [7, 11) is 0. The van der Waals surface area contributed by atoms with Gasteiger partial charge in [-0.2, -0.15) is 0 Å². The van der Waals surface area contributed by atoms with E-state index in [2.05, 4.69) is 20.2 Å². The highest BCUT2D eigenvalue weighted by Gasteiger charge is 2.41. The first-order valence-electron chi connectivity index (χ1n) is 22.1. The number of likely N-dealkylation sites (tertiary alicyclic amines) is 1. The van der Waals surface area contributed by atoms with E-state index in [1.165, 1.54) is 35.5 Å². The molecular formula is C47H53ClF3N7O6. The summed E-state index contributed by atoms with van der Waals surface area (Å²) in [5, 5.41) is 2.67. The Balaban J connectivity index is 0.817. The molecule has 3 aromatic carbocycles. The van der Waals surface area contributed by atoms with Crippen LogP contribution in [0.2, 0.25) is 5.02 Å². The topological polar surface area (TPSA) is 138 Å². The number of carbonyl (C=O) groups excluding carboxylic acids is 4. The van der Waals surface area contributed by atoms with Crippen molar-refractivity contribution in [3.05, 3.63) is 81.9 Å². The number of fused-ring (bicyclic) bond motifs is 2. The predicted octanol–water partition coefficient (Wildman–Crippen LogP) is 8.00. The highest BCUT2D eigenvalue weighted by atomic mass is 35.5. The molecule has 0 bridgehead atoms. The van der Waals surface area contributed by atoms with Crippen molar-refractivity contribution in [2.24, 2.45) is 0 Å². The van der Waals surface area contributed by atoms with E-state index in [0.717, 1.165) is 62.9 Å².